The summed E-state index contributed by atoms with van der Waals surface area (Å²) in [5.74, 6) is 1.45. The van der Waals surface area contributed by atoms with Crippen LogP contribution in [0.4, 0.5) is 0 Å². The van der Waals surface area contributed by atoms with Gasteiger partial charge in [-0.15, -0.1) is 12.4 Å². The van der Waals surface area contributed by atoms with E-state index in [1.807, 2.05) is 0 Å². The molecule has 0 aromatic carbocycles. The third-order valence-corrected chi connectivity index (χ3v) is 5.28. The molecule has 1 N–H and O–H groups in total. The third kappa shape index (κ3) is 5.12. The minimum atomic E-state index is -2.75. The second-order valence-electron chi connectivity index (χ2n) is 5.02. The first-order valence-corrected chi connectivity index (χ1v) is 8.11. The van der Waals surface area contributed by atoms with Gasteiger partial charge in [0.1, 0.15) is 0 Å². The number of nitrogens with one attached hydrogen (secondary N) is 1. The van der Waals surface area contributed by atoms with Crippen molar-refractivity contribution in [2.75, 3.05) is 44.2 Å². The Balaban J connectivity index is 0.00000144. The van der Waals surface area contributed by atoms with Gasteiger partial charge in [-0.1, -0.05) is 0 Å². The van der Waals surface area contributed by atoms with E-state index in [9.17, 15) is 8.42 Å². The number of nitrogens with zero attached hydrogens (tertiary/aromatic N) is 1. The predicted octanol–water partition coefficient (Wildman–Crippen LogP) is 0.528. The summed E-state index contributed by atoms with van der Waals surface area (Å²) < 4.78 is 22.9. The maximum Gasteiger partial charge on any atom is 0.151 e. The topological polar surface area (TPSA) is 49.4 Å². The summed E-state index contributed by atoms with van der Waals surface area (Å²) >= 11 is 0. The molecule has 0 spiro atoms. The Bertz CT molecular complexity index is 315. The predicted molar refractivity (Wildman–Crippen MR) is 72.6 cm³/mol. The van der Waals surface area contributed by atoms with E-state index in [2.05, 4.69) is 10.2 Å². The Morgan fingerprint density at radius 1 is 1.18 bits per heavy atom. The van der Waals surface area contributed by atoms with Crippen molar-refractivity contribution in [3.05, 3.63) is 0 Å². The molecule has 2 fully saturated rings. The molecule has 1 atom stereocenters. The van der Waals surface area contributed by atoms with E-state index in [1.165, 1.54) is 12.8 Å². The van der Waals surface area contributed by atoms with Crippen molar-refractivity contribution in [3.63, 3.8) is 0 Å². The Labute approximate surface area is 110 Å². The number of hydrogen-bond acceptors (Lipinski definition) is 4. The molecule has 0 saturated carbocycles. The molecule has 0 aliphatic carbocycles. The zero-order chi connectivity index (χ0) is 11.4. The van der Waals surface area contributed by atoms with Crippen molar-refractivity contribution in [1.82, 2.24) is 10.2 Å². The number of piperidine rings is 1. The monoisotopic (exact) mass is 282 g/mol. The zero-order valence-electron chi connectivity index (χ0n) is 10.2. The van der Waals surface area contributed by atoms with Crippen molar-refractivity contribution < 1.29 is 8.42 Å². The number of halogens is 1. The van der Waals surface area contributed by atoms with E-state index in [0.29, 0.717) is 11.5 Å². The van der Waals surface area contributed by atoms with Crippen molar-refractivity contribution >= 4 is 22.2 Å². The maximum absolute atomic E-state index is 11.5. The Morgan fingerprint density at radius 2 is 2.00 bits per heavy atom. The average molecular weight is 283 g/mol. The first kappa shape index (κ1) is 15.2. The second kappa shape index (κ2) is 6.92. The van der Waals surface area contributed by atoms with Crippen LogP contribution in [-0.4, -0.2) is 57.5 Å². The van der Waals surface area contributed by atoms with Gasteiger partial charge in [-0.25, -0.2) is 8.42 Å². The molecule has 0 bridgehead atoms. The largest absolute Gasteiger partial charge is 0.316 e. The molecular formula is C11H23ClN2O2S. The summed E-state index contributed by atoms with van der Waals surface area (Å²) in [6, 6.07) is 0. The van der Waals surface area contributed by atoms with Gasteiger partial charge in [-0.3, -0.25) is 0 Å². The van der Waals surface area contributed by atoms with Crippen LogP contribution in [0.5, 0.6) is 0 Å². The van der Waals surface area contributed by atoms with Gasteiger partial charge < -0.3 is 10.2 Å². The summed E-state index contributed by atoms with van der Waals surface area (Å²) in [6.45, 7) is 5.01. The smallest absolute Gasteiger partial charge is 0.151 e. The minimum Gasteiger partial charge on any atom is -0.316 e. The standard InChI is InChI=1S/C11H22N2O2S.ClH/c14-16(15)7-2-5-13(6-8-16)10-11-3-1-4-12-9-11;/h11-12H,1-10H2;1H. The molecule has 2 saturated heterocycles. The summed E-state index contributed by atoms with van der Waals surface area (Å²) in [4.78, 5) is 2.34. The fourth-order valence-electron chi connectivity index (χ4n) is 2.62. The van der Waals surface area contributed by atoms with Crippen LogP contribution in [0.15, 0.2) is 0 Å². The lowest BCUT2D eigenvalue weighted by atomic mass is 9.99. The summed E-state index contributed by atoms with van der Waals surface area (Å²) in [5.41, 5.74) is 0. The molecule has 0 amide bonds. The molecule has 2 aliphatic heterocycles. The van der Waals surface area contributed by atoms with Crippen LogP contribution in [-0.2, 0) is 9.84 Å². The zero-order valence-corrected chi connectivity index (χ0v) is 11.9. The Kier molecular flexibility index (Phi) is 6.20. The van der Waals surface area contributed by atoms with Crippen LogP contribution in [0.1, 0.15) is 19.3 Å². The first-order valence-electron chi connectivity index (χ1n) is 6.29. The van der Waals surface area contributed by atoms with Crippen LogP contribution in [0, 0.1) is 5.92 Å². The fraction of sp³-hybridized carbons (Fsp3) is 1.00. The molecule has 2 aliphatic rings. The number of rotatable bonds is 2. The molecule has 0 aromatic rings. The summed E-state index contributed by atoms with van der Waals surface area (Å²) in [5, 5.41) is 3.41. The van der Waals surface area contributed by atoms with Gasteiger partial charge in [-0.2, -0.15) is 0 Å². The summed E-state index contributed by atoms with van der Waals surface area (Å²) in [6.07, 6.45) is 3.36. The molecule has 0 radical (unpaired) electrons. The molecule has 1 unspecified atom stereocenters. The van der Waals surface area contributed by atoms with Crippen LogP contribution < -0.4 is 5.32 Å². The van der Waals surface area contributed by atoms with Gasteiger partial charge in [0, 0.05) is 13.1 Å². The SMILES string of the molecule is Cl.O=S1(=O)CCCN(CC2CCCNC2)CC1. The highest BCUT2D eigenvalue weighted by Crippen LogP contribution is 2.13. The van der Waals surface area contributed by atoms with Gasteiger partial charge in [0.05, 0.1) is 11.5 Å². The van der Waals surface area contributed by atoms with Crippen molar-refractivity contribution in [3.8, 4) is 0 Å². The van der Waals surface area contributed by atoms with E-state index >= 15 is 0 Å². The first-order chi connectivity index (χ1) is 7.66. The molecule has 0 aromatic heterocycles. The fourth-order valence-corrected chi connectivity index (χ4v) is 3.93. The summed E-state index contributed by atoms with van der Waals surface area (Å²) in [7, 11) is -2.75. The van der Waals surface area contributed by atoms with Crippen molar-refractivity contribution in [2.45, 2.75) is 19.3 Å². The van der Waals surface area contributed by atoms with E-state index in [-0.39, 0.29) is 12.4 Å². The molecule has 17 heavy (non-hydrogen) atoms. The van der Waals surface area contributed by atoms with Crippen LogP contribution in [0.25, 0.3) is 0 Å². The van der Waals surface area contributed by atoms with Crippen LogP contribution in [0.2, 0.25) is 0 Å². The van der Waals surface area contributed by atoms with Gasteiger partial charge in [-0.05, 0) is 44.8 Å². The van der Waals surface area contributed by atoms with Gasteiger partial charge >= 0.3 is 0 Å². The van der Waals surface area contributed by atoms with E-state index in [4.69, 9.17) is 0 Å². The molecule has 6 heteroatoms. The lowest BCUT2D eigenvalue weighted by molar-refractivity contribution is 0.220. The lowest BCUT2D eigenvalue weighted by Crippen LogP contribution is -2.39. The molecule has 4 nitrogen and oxygen atoms in total. The Hall–Kier alpha value is 0.160. The van der Waals surface area contributed by atoms with Gasteiger partial charge in [0.15, 0.2) is 9.84 Å². The van der Waals surface area contributed by atoms with Crippen molar-refractivity contribution in [1.29, 1.82) is 0 Å². The quantitative estimate of drug-likeness (QED) is 0.803. The minimum absolute atomic E-state index is 0. The van der Waals surface area contributed by atoms with Crippen LogP contribution in [0.3, 0.4) is 0 Å². The van der Waals surface area contributed by atoms with Crippen LogP contribution >= 0.6 is 12.4 Å². The Morgan fingerprint density at radius 3 is 2.71 bits per heavy atom. The number of hydrogen-bond donors (Lipinski definition) is 1. The van der Waals surface area contributed by atoms with E-state index < -0.39 is 9.84 Å². The van der Waals surface area contributed by atoms with Crippen molar-refractivity contribution in [2.24, 2.45) is 5.92 Å². The third-order valence-electron chi connectivity index (χ3n) is 3.56. The molecule has 2 heterocycles. The second-order valence-corrected chi connectivity index (χ2v) is 7.32. The maximum atomic E-state index is 11.5. The highest BCUT2D eigenvalue weighted by molar-refractivity contribution is 7.91. The highest BCUT2D eigenvalue weighted by atomic mass is 35.5. The number of sulfone groups is 1. The van der Waals surface area contributed by atoms with E-state index in [0.717, 1.165) is 45.1 Å². The highest BCUT2D eigenvalue weighted by Gasteiger charge is 2.22. The molecular weight excluding hydrogens is 260 g/mol. The van der Waals surface area contributed by atoms with E-state index in [1.54, 1.807) is 0 Å². The lowest BCUT2D eigenvalue weighted by Gasteiger charge is -2.28. The molecule has 102 valence electrons. The average Bonchev–Trinajstić information content (AvgIpc) is 2.42. The molecule has 2 rings (SSSR count). The van der Waals surface area contributed by atoms with Gasteiger partial charge in [0.2, 0.25) is 0 Å². The van der Waals surface area contributed by atoms with Gasteiger partial charge in [0.25, 0.3) is 0 Å². The normalized spacial score (nSPS) is 30.2.